The fraction of sp³-hybridized carbons (Fsp3) is 0.636. The Labute approximate surface area is 95.8 Å². The van der Waals surface area contributed by atoms with Gasteiger partial charge in [-0.25, -0.2) is 0 Å². The van der Waals surface area contributed by atoms with Gasteiger partial charge in [0, 0.05) is 25.9 Å². The molecule has 0 aliphatic carbocycles. The summed E-state index contributed by atoms with van der Waals surface area (Å²) in [6.45, 7) is 7.58. The number of carbonyl (C=O) groups excluding carboxylic acids is 1. The first-order valence-electron chi connectivity index (χ1n) is 5.43. The lowest BCUT2D eigenvalue weighted by Gasteiger charge is -2.05. The smallest absolute Gasteiger partial charge is 0.255 e. The first-order valence-corrected chi connectivity index (χ1v) is 5.43. The predicted molar refractivity (Wildman–Crippen MR) is 61.6 cm³/mol. The van der Waals surface area contributed by atoms with E-state index in [1.165, 1.54) is 0 Å². The molecule has 1 aromatic rings. The monoisotopic (exact) mass is 225 g/mol. The average molecular weight is 225 g/mol. The van der Waals surface area contributed by atoms with Gasteiger partial charge in [-0.1, -0.05) is 0 Å². The van der Waals surface area contributed by atoms with E-state index in [1.807, 2.05) is 25.5 Å². The minimum Gasteiger partial charge on any atom is -0.383 e. The van der Waals surface area contributed by atoms with E-state index >= 15 is 0 Å². The molecule has 90 valence electrons. The summed E-state index contributed by atoms with van der Waals surface area (Å²) in [5.74, 6) is -0.0771. The van der Waals surface area contributed by atoms with Crippen molar-refractivity contribution in [3.8, 4) is 0 Å². The third kappa shape index (κ3) is 2.61. The van der Waals surface area contributed by atoms with Crippen LogP contribution in [0.3, 0.4) is 0 Å². The van der Waals surface area contributed by atoms with Crippen LogP contribution in [0, 0.1) is 13.8 Å². The van der Waals surface area contributed by atoms with Gasteiger partial charge < -0.3 is 10.1 Å². The number of aryl methyl sites for hydroxylation is 2. The van der Waals surface area contributed by atoms with E-state index in [1.54, 1.807) is 7.11 Å². The van der Waals surface area contributed by atoms with Crippen LogP contribution in [0.5, 0.6) is 0 Å². The zero-order chi connectivity index (χ0) is 12.1. The Morgan fingerprint density at radius 2 is 2.19 bits per heavy atom. The molecule has 0 radical (unpaired) electrons. The normalized spacial score (nSPS) is 10.5. The number of nitrogens with zero attached hydrogens (tertiary/aromatic N) is 2. The molecule has 0 saturated heterocycles. The Morgan fingerprint density at radius 1 is 1.50 bits per heavy atom. The molecule has 1 rings (SSSR count). The molecule has 5 heteroatoms. The largest absolute Gasteiger partial charge is 0.383 e. The summed E-state index contributed by atoms with van der Waals surface area (Å²) in [4.78, 5) is 11.9. The molecule has 0 aliphatic rings. The van der Waals surface area contributed by atoms with Crippen LogP contribution in [-0.2, 0) is 11.3 Å². The molecular formula is C11H19N3O2. The molecular weight excluding hydrogens is 206 g/mol. The third-order valence-electron chi connectivity index (χ3n) is 2.50. The molecule has 1 N–H and O–H groups in total. The number of carbonyl (C=O) groups is 1. The predicted octanol–water partition coefficient (Wildman–Crippen LogP) is 0.896. The van der Waals surface area contributed by atoms with Gasteiger partial charge in [-0.15, -0.1) is 0 Å². The van der Waals surface area contributed by atoms with Gasteiger partial charge in [-0.05, 0) is 20.8 Å². The molecule has 0 aliphatic heterocycles. The van der Waals surface area contributed by atoms with Gasteiger partial charge in [0.05, 0.1) is 17.9 Å². The molecule has 0 saturated carbocycles. The highest BCUT2D eigenvalue weighted by atomic mass is 16.5. The number of aromatic nitrogens is 2. The maximum absolute atomic E-state index is 11.9. The molecule has 1 aromatic heterocycles. The standard InChI is InChI=1S/C11H19N3O2/c1-5-14-9(3)10(8(2)13-14)11(15)12-6-7-16-4/h5-7H2,1-4H3,(H,12,15). The van der Waals surface area contributed by atoms with E-state index in [0.717, 1.165) is 17.9 Å². The van der Waals surface area contributed by atoms with E-state index < -0.39 is 0 Å². The van der Waals surface area contributed by atoms with Gasteiger partial charge in [-0.3, -0.25) is 9.48 Å². The highest BCUT2D eigenvalue weighted by Gasteiger charge is 2.17. The Hall–Kier alpha value is -1.36. The third-order valence-corrected chi connectivity index (χ3v) is 2.50. The maximum atomic E-state index is 11.9. The fourth-order valence-electron chi connectivity index (χ4n) is 1.69. The lowest BCUT2D eigenvalue weighted by Crippen LogP contribution is -2.27. The van der Waals surface area contributed by atoms with Gasteiger partial charge in [0.1, 0.15) is 0 Å². The molecule has 16 heavy (non-hydrogen) atoms. The Balaban J connectivity index is 2.78. The van der Waals surface area contributed by atoms with E-state index in [4.69, 9.17) is 4.74 Å². The van der Waals surface area contributed by atoms with Crippen molar-refractivity contribution in [3.63, 3.8) is 0 Å². The number of hydrogen-bond acceptors (Lipinski definition) is 3. The van der Waals surface area contributed by atoms with E-state index in [2.05, 4.69) is 10.4 Å². The Kier molecular flexibility index (Phi) is 4.49. The van der Waals surface area contributed by atoms with Crippen molar-refractivity contribution in [1.82, 2.24) is 15.1 Å². The zero-order valence-electron chi connectivity index (χ0n) is 10.3. The van der Waals surface area contributed by atoms with Gasteiger partial charge >= 0.3 is 0 Å². The Bertz CT molecular complexity index is 372. The Morgan fingerprint density at radius 3 is 2.69 bits per heavy atom. The highest BCUT2D eigenvalue weighted by Crippen LogP contribution is 2.12. The second-order valence-electron chi connectivity index (χ2n) is 3.61. The number of amides is 1. The van der Waals surface area contributed by atoms with Crippen LogP contribution in [0.15, 0.2) is 0 Å². The SMILES string of the molecule is CCn1nc(C)c(C(=O)NCCOC)c1C. The van der Waals surface area contributed by atoms with Crippen molar-refractivity contribution in [2.24, 2.45) is 0 Å². The van der Waals surface area contributed by atoms with Crippen molar-refractivity contribution in [2.75, 3.05) is 20.3 Å². The maximum Gasteiger partial charge on any atom is 0.255 e. The van der Waals surface area contributed by atoms with Crippen LogP contribution >= 0.6 is 0 Å². The second-order valence-corrected chi connectivity index (χ2v) is 3.61. The van der Waals surface area contributed by atoms with Crippen LogP contribution < -0.4 is 5.32 Å². The van der Waals surface area contributed by atoms with E-state index in [0.29, 0.717) is 18.7 Å². The second kappa shape index (κ2) is 5.65. The van der Waals surface area contributed by atoms with Gasteiger partial charge in [0.2, 0.25) is 0 Å². The van der Waals surface area contributed by atoms with Crippen molar-refractivity contribution < 1.29 is 9.53 Å². The minimum absolute atomic E-state index is 0.0771. The molecule has 1 amide bonds. The molecule has 0 atom stereocenters. The van der Waals surface area contributed by atoms with Crippen molar-refractivity contribution in [2.45, 2.75) is 27.3 Å². The molecule has 5 nitrogen and oxygen atoms in total. The number of nitrogens with one attached hydrogen (secondary N) is 1. The van der Waals surface area contributed by atoms with Crippen LogP contribution in [0.25, 0.3) is 0 Å². The van der Waals surface area contributed by atoms with Crippen LogP contribution in [0.1, 0.15) is 28.7 Å². The van der Waals surface area contributed by atoms with Crippen molar-refractivity contribution in [1.29, 1.82) is 0 Å². The average Bonchev–Trinajstić information content (AvgIpc) is 2.54. The van der Waals surface area contributed by atoms with Crippen LogP contribution in [0.2, 0.25) is 0 Å². The fourth-order valence-corrected chi connectivity index (χ4v) is 1.69. The molecule has 0 fully saturated rings. The molecule has 0 unspecified atom stereocenters. The first kappa shape index (κ1) is 12.7. The summed E-state index contributed by atoms with van der Waals surface area (Å²) >= 11 is 0. The summed E-state index contributed by atoms with van der Waals surface area (Å²) in [5, 5.41) is 7.10. The molecule has 0 bridgehead atoms. The minimum atomic E-state index is -0.0771. The van der Waals surface area contributed by atoms with Crippen LogP contribution in [-0.4, -0.2) is 35.9 Å². The van der Waals surface area contributed by atoms with Gasteiger partial charge in [-0.2, -0.15) is 5.10 Å². The quantitative estimate of drug-likeness (QED) is 0.757. The van der Waals surface area contributed by atoms with Crippen LogP contribution in [0.4, 0.5) is 0 Å². The molecule has 0 aromatic carbocycles. The highest BCUT2D eigenvalue weighted by molar-refractivity contribution is 5.96. The van der Waals surface area contributed by atoms with Crippen molar-refractivity contribution in [3.05, 3.63) is 17.0 Å². The summed E-state index contributed by atoms with van der Waals surface area (Å²) in [7, 11) is 1.61. The zero-order valence-corrected chi connectivity index (χ0v) is 10.3. The molecule has 1 heterocycles. The summed E-state index contributed by atoms with van der Waals surface area (Å²) in [5.41, 5.74) is 2.36. The van der Waals surface area contributed by atoms with E-state index in [-0.39, 0.29) is 5.91 Å². The number of hydrogen-bond donors (Lipinski definition) is 1. The lowest BCUT2D eigenvalue weighted by molar-refractivity contribution is 0.0936. The topological polar surface area (TPSA) is 56.2 Å². The molecule has 0 spiro atoms. The van der Waals surface area contributed by atoms with Crippen molar-refractivity contribution >= 4 is 5.91 Å². The first-order chi connectivity index (χ1) is 7.61. The van der Waals surface area contributed by atoms with Gasteiger partial charge in [0.25, 0.3) is 5.91 Å². The summed E-state index contributed by atoms with van der Waals surface area (Å²) in [6.07, 6.45) is 0. The van der Waals surface area contributed by atoms with Gasteiger partial charge in [0.15, 0.2) is 0 Å². The van der Waals surface area contributed by atoms with E-state index in [9.17, 15) is 4.79 Å². The summed E-state index contributed by atoms with van der Waals surface area (Å²) < 4.78 is 6.71. The number of rotatable bonds is 5. The number of ether oxygens (including phenoxy) is 1. The summed E-state index contributed by atoms with van der Waals surface area (Å²) in [6, 6.07) is 0. The number of methoxy groups -OCH3 is 1. The lowest BCUT2D eigenvalue weighted by atomic mass is 10.2.